The van der Waals surface area contributed by atoms with E-state index in [4.69, 9.17) is 0 Å². The molecule has 8 heteroatoms. The number of rotatable bonds is 6. The fourth-order valence-electron chi connectivity index (χ4n) is 3.16. The third kappa shape index (κ3) is 4.06. The highest BCUT2D eigenvalue weighted by Crippen LogP contribution is 2.31. The van der Waals surface area contributed by atoms with Crippen LogP contribution in [0.4, 0.5) is 4.39 Å². The van der Waals surface area contributed by atoms with E-state index < -0.39 is 17.2 Å². The van der Waals surface area contributed by atoms with E-state index in [0.717, 1.165) is 5.71 Å². The van der Waals surface area contributed by atoms with Crippen molar-refractivity contribution in [3.05, 3.63) is 72.3 Å². The van der Waals surface area contributed by atoms with Gasteiger partial charge in [-0.15, -0.1) is 4.72 Å². The molecule has 4 N–H and O–H groups in total. The Balaban J connectivity index is 1.64. The number of aliphatic hydroxyl groups excluding tert-OH is 1. The lowest BCUT2D eigenvalue weighted by molar-refractivity contribution is 0.265. The van der Waals surface area contributed by atoms with Crippen molar-refractivity contribution >= 4 is 22.8 Å². The van der Waals surface area contributed by atoms with Crippen LogP contribution in [-0.2, 0) is 11.4 Å². The first kappa shape index (κ1) is 19.7. The Labute approximate surface area is 171 Å². The average molecular weight is 412 g/mol. The molecule has 2 heterocycles. The molecule has 150 valence electrons. The van der Waals surface area contributed by atoms with Gasteiger partial charge in [0.05, 0.1) is 35.4 Å². The first-order chi connectivity index (χ1) is 14.1. The van der Waals surface area contributed by atoms with Gasteiger partial charge in [0.1, 0.15) is 12.0 Å². The summed E-state index contributed by atoms with van der Waals surface area (Å²) in [5.41, 5.74) is 2.99. The second kappa shape index (κ2) is 8.38. The summed E-state index contributed by atoms with van der Waals surface area (Å²) < 4.78 is 30.5. The van der Waals surface area contributed by atoms with Crippen LogP contribution in [0.25, 0.3) is 16.8 Å². The van der Waals surface area contributed by atoms with E-state index in [2.05, 4.69) is 20.3 Å². The second-order valence-electron chi connectivity index (χ2n) is 6.83. The van der Waals surface area contributed by atoms with Crippen molar-refractivity contribution in [2.24, 2.45) is 4.99 Å². The van der Waals surface area contributed by atoms with Gasteiger partial charge in [-0.3, -0.25) is 0 Å². The summed E-state index contributed by atoms with van der Waals surface area (Å²) in [6, 6.07) is 11.7. The molecule has 0 aromatic heterocycles. The number of aliphatic imine (C=N–C) groups is 1. The van der Waals surface area contributed by atoms with E-state index in [1.807, 2.05) is 12.1 Å². The van der Waals surface area contributed by atoms with Crippen LogP contribution in [0.2, 0.25) is 0 Å². The van der Waals surface area contributed by atoms with E-state index in [1.54, 1.807) is 49.7 Å². The van der Waals surface area contributed by atoms with Crippen LogP contribution in [0.15, 0.2) is 70.8 Å². The van der Waals surface area contributed by atoms with E-state index >= 15 is 0 Å². The van der Waals surface area contributed by atoms with Crippen LogP contribution in [0.3, 0.4) is 0 Å². The normalized spacial score (nSPS) is 19.5. The van der Waals surface area contributed by atoms with Gasteiger partial charge in [-0.2, -0.15) is 0 Å². The maximum atomic E-state index is 15.0. The summed E-state index contributed by atoms with van der Waals surface area (Å²) in [6.07, 6.45) is 5.27. The Morgan fingerprint density at radius 2 is 2.07 bits per heavy atom. The number of hydrogen-bond acceptors (Lipinski definition) is 6. The summed E-state index contributed by atoms with van der Waals surface area (Å²) in [6.45, 7) is 1.61. The van der Waals surface area contributed by atoms with Gasteiger partial charge in [0.15, 0.2) is 4.90 Å². The number of hydrogen-bond donors (Lipinski definition) is 4. The summed E-state index contributed by atoms with van der Waals surface area (Å²) >= 11 is -1.54. The molecule has 0 aliphatic carbocycles. The lowest BCUT2D eigenvalue weighted by Gasteiger charge is -2.20. The Hall–Kier alpha value is -2.65. The predicted octanol–water partition coefficient (Wildman–Crippen LogP) is 2.27. The largest absolute Gasteiger partial charge is 0.593 e. The molecule has 0 amide bonds. The first-order valence-electron chi connectivity index (χ1n) is 9.22. The van der Waals surface area contributed by atoms with Gasteiger partial charge < -0.3 is 20.3 Å². The molecule has 29 heavy (non-hydrogen) atoms. The zero-order valence-corrected chi connectivity index (χ0v) is 16.5. The lowest BCUT2D eigenvalue weighted by Crippen LogP contribution is -2.40. The zero-order valence-electron chi connectivity index (χ0n) is 15.7. The monoisotopic (exact) mass is 412 g/mol. The van der Waals surface area contributed by atoms with Crippen molar-refractivity contribution in [1.29, 1.82) is 0 Å². The summed E-state index contributed by atoms with van der Waals surface area (Å²) in [7, 11) is 0. The molecule has 0 radical (unpaired) electrons. The van der Waals surface area contributed by atoms with Gasteiger partial charge >= 0.3 is 0 Å². The third-order valence-electron chi connectivity index (χ3n) is 4.67. The lowest BCUT2D eigenvalue weighted by atomic mass is 10.0. The van der Waals surface area contributed by atoms with Gasteiger partial charge in [-0.05, 0) is 42.8 Å². The van der Waals surface area contributed by atoms with Gasteiger partial charge in [0.25, 0.3) is 0 Å². The van der Waals surface area contributed by atoms with E-state index in [9.17, 15) is 14.0 Å². The molecule has 2 aliphatic heterocycles. The van der Waals surface area contributed by atoms with Crippen LogP contribution < -0.4 is 15.4 Å². The van der Waals surface area contributed by atoms with Crippen molar-refractivity contribution in [3.8, 4) is 11.1 Å². The number of benzene rings is 2. The molecule has 2 aliphatic rings. The van der Waals surface area contributed by atoms with Crippen molar-refractivity contribution in [1.82, 2.24) is 15.4 Å². The molecule has 0 bridgehead atoms. The van der Waals surface area contributed by atoms with E-state index in [-0.39, 0.29) is 18.8 Å². The van der Waals surface area contributed by atoms with Crippen molar-refractivity contribution in [2.45, 2.75) is 24.0 Å². The number of nitrogens with zero attached hydrogens (tertiary/aromatic N) is 1. The Bertz CT molecular complexity index is 1010. The minimum Gasteiger partial charge on any atom is -0.593 e. The Kier molecular flexibility index (Phi) is 5.68. The van der Waals surface area contributed by atoms with Gasteiger partial charge in [-0.25, -0.2) is 9.38 Å². The number of aliphatic hydroxyl groups is 1. The van der Waals surface area contributed by atoms with Gasteiger partial charge in [0, 0.05) is 23.5 Å². The number of fused-ring (bicyclic) bond motifs is 1. The summed E-state index contributed by atoms with van der Waals surface area (Å²) in [4.78, 5) is 5.04. The SMILES string of the molecule is CC(CO)N[S+]([O-])c1ccccc1-c1ccc(C2=CNC3NC=CC3=N2)c(F)c1. The molecule has 3 unspecified atom stereocenters. The third-order valence-corrected chi connectivity index (χ3v) is 6.05. The van der Waals surface area contributed by atoms with Gasteiger partial charge in [0.2, 0.25) is 0 Å². The summed E-state index contributed by atoms with van der Waals surface area (Å²) in [5, 5.41) is 15.4. The van der Waals surface area contributed by atoms with E-state index in [0.29, 0.717) is 27.3 Å². The Morgan fingerprint density at radius 1 is 1.24 bits per heavy atom. The maximum absolute atomic E-state index is 15.0. The van der Waals surface area contributed by atoms with Crippen molar-refractivity contribution in [3.63, 3.8) is 0 Å². The molecule has 0 saturated heterocycles. The summed E-state index contributed by atoms with van der Waals surface area (Å²) in [5.74, 6) is -0.412. The van der Waals surface area contributed by atoms with Crippen LogP contribution in [-0.4, -0.2) is 34.2 Å². The molecule has 2 aromatic rings. The minimum atomic E-state index is -1.54. The predicted molar refractivity (Wildman–Crippen MR) is 113 cm³/mol. The van der Waals surface area contributed by atoms with Crippen molar-refractivity contribution < 1.29 is 14.0 Å². The molecule has 0 saturated carbocycles. The minimum absolute atomic E-state index is 0.0725. The molecule has 2 aromatic carbocycles. The van der Waals surface area contributed by atoms with Crippen LogP contribution in [0.5, 0.6) is 0 Å². The van der Waals surface area contributed by atoms with Crippen LogP contribution in [0.1, 0.15) is 12.5 Å². The molecule has 6 nitrogen and oxygen atoms in total. The highest BCUT2D eigenvalue weighted by Gasteiger charge is 2.23. The smallest absolute Gasteiger partial charge is 0.181 e. The number of nitrogens with one attached hydrogen (secondary N) is 3. The topological polar surface area (TPSA) is 91.7 Å². The molecule has 0 fully saturated rings. The van der Waals surface area contributed by atoms with Crippen molar-refractivity contribution in [2.75, 3.05) is 6.61 Å². The van der Waals surface area contributed by atoms with Crippen LogP contribution >= 0.6 is 0 Å². The molecular weight excluding hydrogens is 391 g/mol. The highest BCUT2D eigenvalue weighted by molar-refractivity contribution is 7.89. The highest BCUT2D eigenvalue weighted by atomic mass is 32.2. The van der Waals surface area contributed by atoms with Gasteiger partial charge in [-0.1, -0.05) is 18.2 Å². The molecular formula is C21H21FN4O2S. The average Bonchev–Trinajstić information content (AvgIpc) is 3.21. The Morgan fingerprint density at radius 3 is 2.86 bits per heavy atom. The molecule has 3 atom stereocenters. The second-order valence-corrected chi connectivity index (χ2v) is 8.04. The van der Waals surface area contributed by atoms with Crippen LogP contribution in [0, 0.1) is 5.82 Å². The maximum Gasteiger partial charge on any atom is 0.181 e. The standard InChI is InChI=1S/C21H21FN4O2S/c1-13(12-27)26-29(28)20-5-3-2-4-15(20)14-6-7-16(17(22)10-14)19-11-24-21-18(25-19)8-9-23-21/h2-11,13,21,23-24,26-27H,12H2,1H3. The fraction of sp³-hybridized carbons (Fsp3) is 0.190. The van der Waals surface area contributed by atoms with E-state index in [1.165, 1.54) is 6.07 Å². The molecule has 4 rings (SSSR count). The zero-order chi connectivity index (χ0) is 20.4. The number of halogens is 1. The fourth-order valence-corrected chi connectivity index (χ4v) is 4.31. The first-order valence-corrected chi connectivity index (χ1v) is 10.4. The quantitative estimate of drug-likeness (QED) is 0.547. The molecule has 0 spiro atoms.